The Hall–Kier alpha value is -0.820. The largest absolute Gasteiger partial charge is 0.396 e. The van der Waals surface area contributed by atoms with E-state index in [-0.39, 0.29) is 6.61 Å². The fourth-order valence-electron chi connectivity index (χ4n) is 1.36. The van der Waals surface area contributed by atoms with E-state index in [4.69, 9.17) is 5.11 Å². The van der Waals surface area contributed by atoms with Crippen LogP contribution < -0.4 is 0 Å². The van der Waals surface area contributed by atoms with Crippen LogP contribution in [-0.4, -0.2) is 11.7 Å². The Labute approximate surface area is 101 Å². The topological polar surface area (TPSA) is 20.2 Å². The van der Waals surface area contributed by atoms with E-state index >= 15 is 0 Å². The van der Waals surface area contributed by atoms with E-state index < -0.39 is 0 Å². The number of hydrogen-bond acceptors (Lipinski definition) is 1. The maximum Gasteiger partial charge on any atom is 0.0465 e. The van der Waals surface area contributed by atoms with Gasteiger partial charge in [-0.3, -0.25) is 0 Å². The van der Waals surface area contributed by atoms with Crippen molar-refractivity contribution >= 4 is 0 Å². The number of aliphatic hydroxyl groups excluding tert-OH is 1. The molecule has 0 aliphatic heterocycles. The Bertz CT molecular complexity index is 201. The van der Waals surface area contributed by atoms with E-state index in [1.165, 1.54) is 25.7 Å². The quantitative estimate of drug-likeness (QED) is 0.429. The summed E-state index contributed by atoms with van der Waals surface area (Å²) in [5.41, 5.74) is 0. The fraction of sp³-hybridized carbons (Fsp3) is 0.600. The van der Waals surface area contributed by atoms with Gasteiger partial charge in [0, 0.05) is 6.61 Å². The average Bonchev–Trinajstić information content (AvgIpc) is 2.31. The van der Waals surface area contributed by atoms with E-state index in [1.54, 1.807) is 0 Å². The highest BCUT2D eigenvalue weighted by atomic mass is 16.2. The molecule has 0 rings (SSSR count). The molecule has 0 unspecified atom stereocenters. The minimum absolute atomic E-state index is 0.251. The van der Waals surface area contributed by atoms with Gasteiger partial charge in [0.05, 0.1) is 0 Å². The van der Waals surface area contributed by atoms with E-state index in [0.29, 0.717) is 0 Å². The van der Waals surface area contributed by atoms with Gasteiger partial charge in [-0.15, -0.1) is 0 Å². The van der Waals surface area contributed by atoms with Crippen LogP contribution in [0.25, 0.3) is 0 Å². The smallest absolute Gasteiger partial charge is 0.0465 e. The molecule has 1 heteroatoms. The number of hydrogen-bond donors (Lipinski definition) is 1. The van der Waals surface area contributed by atoms with E-state index in [9.17, 15) is 0 Å². The SMILES string of the molecule is CCCCC/C=C/C/C=C/C/C=C/CCO. The normalized spacial score (nSPS) is 12.4. The van der Waals surface area contributed by atoms with Crippen LogP contribution in [0.4, 0.5) is 0 Å². The molecule has 16 heavy (non-hydrogen) atoms. The molecule has 0 saturated heterocycles. The van der Waals surface area contributed by atoms with Crippen LogP contribution in [0.5, 0.6) is 0 Å². The maximum atomic E-state index is 8.55. The summed E-state index contributed by atoms with van der Waals surface area (Å²) < 4.78 is 0. The molecule has 0 spiro atoms. The van der Waals surface area contributed by atoms with E-state index in [1.807, 2.05) is 6.08 Å². The summed E-state index contributed by atoms with van der Waals surface area (Å²) in [6.45, 7) is 2.48. The Morgan fingerprint density at radius 2 is 1.31 bits per heavy atom. The van der Waals surface area contributed by atoms with Crippen LogP contribution in [0.2, 0.25) is 0 Å². The van der Waals surface area contributed by atoms with Gasteiger partial charge in [0.2, 0.25) is 0 Å². The predicted molar refractivity (Wildman–Crippen MR) is 72.5 cm³/mol. The maximum absolute atomic E-state index is 8.55. The lowest BCUT2D eigenvalue weighted by Crippen LogP contribution is -1.74. The van der Waals surface area contributed by atoms with Gasteiger partial charge < -0.3 is 5.11 Å². The van der Waals surface area contributed by atoms with Crippen molar-refractivity contribution in [3.05, 3.63) is 36.5 Å². The van der Waals surface area contributed by atoms with Crippen LogP contribution in [-0.2, 0) is 0 Å². The summed E-state index contributed by atoms with van der Waals surface area (Å²) in [5.74, 6) is 0. The summed E-state index contributed by atoms with van der Waals surface area (Å²) in [6, 6.07) is 0. The van der Waals surface area contributed by atoms with Crippen molar-refractivity contribution in [2.75, 3.05) is 6.61 Å². The van der Waals surface area contributed by atoms with Gasteiger partial charge in [0.25, 0.3) is 0 Å². The lowest BCUT2D eigenvalue weighted by Gasteiger charge is -1.90. The highest BCUT2D eigenvalue weighted by molar-refractivity contribution is 4.97. The Morgan fingerprint density at radius 3 is 1.88 bits per heavy atom. The first-order chi connectivity index (χ1) is 7.91. The second-order valence-electron chi connectivity index (χ2n) is 3.89. The van der Waals surface area contributed by atoms with Crippen LogP contribution in [0.1, 0.15) is 51.9 Å². The van der Waals surface area contributed by atoms with Gasteiger partial charge >= 0.3 is 0 Å². The molecule has 92 valence electrons. The van der Waals surface area contributed by atoms with E-state index in [0.717, 1.165) is 19.3 Å². The molecule has 0 aliphatic rings. The molecule has 0 atom stereocenters. The lowest BCUT2D eigenvalue weighted by molar-refractivity contribution is 0.302. The number of allylic oxidation sites excluding steroid dienone is 5. The molecule has 0 aromatic carbocycles. The van der Waals surface area contributed by atoms with Crippen molar-refractivity contribution in [2.45, 2.75) is 51.9 Å². The van der Waals surface area contributed by atoms with Crippen molar-refractivity contribution < 1.29 is 5.11 Å². The third-order valence-corrected chi connectivity index (χ3v) is 2.31. The second-order valence-corrected chi connectivity index (χ2v) is 3.89. The van der Waals surface area contributed by atoms with Gasteiger partial charge in [-0.1, -0.05) is 56.2 Å². The first kappa shape index (κ1) is 15.2. The number of unbranched alkanes of at least 4 members (excludes halogenated alkanes) is 3. The Morgan fingerprint density at radius 1 is 0.750 bits per heavy atom. The molecule has 0 bridgehead atoms. The van der Waals surface area contributed by atoms with Crippen LogP contribution in [0.3, 0.4) is 0 Å². The molecule has 0 aromatic heterocycles. The zero-order chi connectivity index (χ0) is 11.9. The van der Waals surface area contributed by atoms with Crippen LogP contribution in [0.15, 0.2) is 36.5 Å². The van der Waals surface area contributed by atoms with Gasteiger partial charge in [-0.05, 0) is 32.1 Å². The van der Waals surface area contributed by atoms with E-state index in [2.05, 4.69) is 37.3 Å². The number of aliphatic hydroxyl groups is 1. The van der Waals surface area contributed by atoms with Crippen molar-refractivity contribution in [3.63, 3.8) is 0 Å². The van der Waals surface area contributed by atoms with Gasteiger partial charge in [0.1, 0.15) is 0 Å². The van der Waals surface area contributed by atoms with Crippen LogP contribution >= 0.6 is 0 Å². The van der Waals surface area contributed by atoms with Gasteiger partial charge in [-0.25, -0.2) is 0 Å². The second kappa shape index (κ2) is 14.2. The summed E-state index contributed by atoms with van der Waals surface area (Å²) in [6.07, 6.45) is 21.0. The minimum Gasteiger partial charge on any atom is -0.396 e. The highest BCUT2D eigenvalue weighted by Crippen LogP contribution is 2.00. The van der Waals surface area contributed by atoms with Crippen LogP contribution in [0, 0.1) is 0 Å². The lowest BCUT2D eigenvalue weighted by atomic mass is 10.2. The van der Waals surface area contributed by atoms with Gasteiger partial charge in [0.15, 0.2) is 0 Å². The molecular weight excluding hydrogens is 196 g/mol. The molecule has 0 amide bonds. The monoisotopic (exact) mass is 222 g/mol. The van der Waals surface area contributed by atoms with Crippen molar-refractivity contribution in [3.8, 4) is 0 Å². The molecule has 0 aromatic rings. The molecule has 0 radical (unpaired) electrons. The average molecular weight is 222 g/mol. The van der Waals surface area contributed by atoms with Crippen molar-refractivity contribution in [1.29, 1.82) is 0 Å². The first-order valence-corrected chi connectivity index (χ1v) is 6.47. The molecule has 0 aliphatic carbocycles. The molecule has 1 nitrogen and oxygen atoms in total. The predicted octanol–water partition coefficient (Wildman–Crippen LogP) is 4.40. The third-order valence-electron chi connectivity index (χ3n) is 2.31. The molecule has 0 saturated carbocycles. The van der Waals surface area contributed by atoms with Gasteiger partial charge in [-0.2, -0.15) is 0 Å². The number of rotatable bonds is 10. The third kappa shape index (κ3) is 13.2. The Kier molecular flexibility index (Phi) is 13.5. The minimum atomic E-state index is 0.251. The molecule has 0 fully saturated rings. The highest BCUT2D eigenvalue weighted by Gasteiger charge is 1.80. The fourth-order valence-corrected chi connectivity index (χ4v) is 1.36. The zero-order valence-corrected chi connectivity index (χ0v) is 10.6. The van der Waals surface area contributed by atoms with Crippen molar-refractivity contribution in [2.24, 2.45) is 0 Å². The van der Waals surface area contributed by atoms with Crippen molar-refractivity contribution in [1.82, 2.24) is 0 Å². The standard InChI is InChI=1S/C15H26O/c1-2-3-4-5-6-7-8-9-10-11-12-13-14-15-16/h6-7,9-10,12-13,16H,2-5,8,11,14-15H2,1H3/b7-6+,10-9+,13-12+. The Balaban J connectivity index is 3.26. The summed E-state index contributed by atoms with van der Waals surface area (Å²) >= 11 is 0. The first-order valence-electron chi connectivity index (χ1n) is 6.47. The summed E-state index contributed by atoms with van der Waals surface area (Å²) in [7, 11) is 0. The molecule has 0 heterocycles. The molecular formula is C15H26O. The zero-order valence-electron chi connectivity index (χ0n) is 10.6. The summed E-state index contributed by atoms with van der Waals surface area (Å²) in [4.78, 5) is 0. The molecule has 1 N–H and O–H groups in total. The summed E-state index contributed by atoms with van der Waals surface area (Å²) in [5, 5.41) is 8.55.